The number of amidine groups is 1. The highest BCUT2D eigenvalue weighted by Gasteiger charge is 2.27. The Morgan fingerprint density at radius 2 is 1.96 bits per heavy atom. The first-order chi connectivity index (χ1) is 11.6. The lowest BCUT2D eigenvalue weighted by molar-refractivity contribution is -0.117. The minimum Gasteiger partial charge on any atom is -0.497 e. The molecule has 1 aliphatic heterocycles. The highest BCUT2D eigenvalue weighted by Crippen LogP contribution is 2.24. The largest absolute Gasteiger partial charge is 0.497 e. The van der Waals surface area contributed by atoms with Gasteiger partial charge in [0, 0.05) is 11.1 Å². The number of aliphatic imine (C=N–C) groups is 1. The van der Waals surface area contributed by atoms with Crippen molar-refractivity contribution < 1.29 is 14.3 Å². The summed E-state index contributed by atoms with van der Waals surface area (Å²) in [5.41, 5.74) is 7.66. The molecule has 6 heteroatoms. The van der Waals surface area contributed by atoms with Crippen molar-refractivity contribution in [2.24, 2.45) is 10.7 Å². The summed E-state index contributed by atoms with van der Waals surface area (Å²) in [6.45, 7) is 0. The zero-order valence-corrected chi connectivity index (χ0v) is 13.9. The lowest BCUT2D eigenvalue weighted by Gasteiger charge is -2.08. The number of methoxy groups -OCH3 is 1. The number of thioether (sulfide) groups is 1. The monoisotopic (exact) mass is 340 g/mol. The van der Waals surface area contributed by atoms with Gasteiger partial charge >= 0.3 is 0 Å². The minimum absolute atomic E-state index is 0.0688. The highest BCUT2D eigenvalue weighted by molar-refractivity contribution is 8.15. The summed E-state index contributed by atoms with van der Waals surface area (Å²) in [7, 11) is 1.58. The van der Waals surface area contributed by atoms with E-state index >= 15 is 0 Å². The molecule has 1 aliphatic rings. The molecule has 1 unspecified atom stereocenters. The van der Waals surface area contributed by atoms with E-state index in [-0.39, 0.29) is 16.9 Å². The van der Waals surface area contributed by atoms with E-state index in [9.17, 15) is 9.59 Å². The topological polar surface area (TPSA) is 81.8 Å². The molecule has 0 spiro atoms. The Bertz CT molecular complexity index is 815. The van der Waals surface area contributed by atoms with Gasteiger partial charge in [-0.1, -0.05) is 30.0 Å². The predicted molar refractivity (Wildman–Crippen MR) is 94.6 cm³/mol. The molecule has 24 heavy (non-hydrogen) atoms. The number of rotatable bonds is 5. The zero-order valence-electron chi connectivity index (χ0n) is 13.1. The fourth-order valence-corrected chi connectivity index (χ4v) is 3.36. The molecular weight excluding hydrogens is 324 g/mol. The van der Waals surface area contributed by atoms with Crippen molar-refractivity contribution >= 4 is 28.6 Å². The summed E-state index contributed by atoms with van der Waals surface area (Å²) in [5, 5.41) is -0.00759. The van der Waals surface area contributed by atoms with Crippen LogP contribution in [-0.4, -0.2) is 29.2 Å². The van der Waals surface area contributed by atoms with Crippen molar-refractivity contribution in [3.05, 3.63) is 65.2 Å². The molecule has 1 heterocycles. The Morgan fingerprint density at radius 1 is 1.21 bits per heavy atom. The number of ether oxygens (including phenoxy) is 1. The van der Waals surface area contributed by atoms with Crippen LogP contribution in [0, 0.1) is 0 Å². The average molecular weight is 340 g/mol. The van der Waals surface area contributed by atoms with Gasteiger partial charge in [-0.05, 0) is 42.3 Å². The fourth-order valence-electron chi connectivity index (χ4n) is 2.49. The number of benzene rings is 2. The second kappa shape index (κ2) is 6.88. The average Bonchev–Trinajstić information content (AvgIpc) is 2.92. The molecule has 1 amide bonds. The van der Waals surface area contributed by atoms with E-state index in [0.29, 0.717) is 28.5 Å². The number of nitrogens with zero attached hydrogens (tertiary/aromatic N) is 1. The number of nitrogens with two attached hydrogens (primary N) is 1. The van der Waals surface area contributed by atoms with Gasteiger partial charge in [0.05, 0.1) is 12.4 Å². The molecule has 0 radical (unpaired) electrons. The van der Waals surface area contributed by atoms with Gasteiger partial charge < -0.3 is 10.5 Å². The van der Waals surface area contributed by atoms with Gasteiger partial charge in [0.1, 0.15) is 5.75 Å². The van der Waals surface area contributed by atoms with Crippen molar-refractivity contribution in [3.63, 3.8) is 0 Å². The Hall–Kier alpha value is -2.60. The van der Waals surface area contributed by atoms with E-state index in [1.807, 2.05) is 18.2 Å². The molecule has 122 valence electrons. The summed E-state index contributed by atoms with van der Waals surface area (Å²) in [5.74, 6) is 0.416. The molecule has 0 aliphatic carbocycles. The maximum atomic E-state index is 12.6. The van der Waals surface area contributed by atoms with Crippen LogP contribution in [-0.2, 0) is 11.2 Å². The number of hydrogen-bond acceptors (Lipinski definition) is 5. The summed E-state index contributed by atoms with van der Waals surface area (Å²) in [6, 6.07) is 14.3. The first kappa shape index (κ1) is 16.3. The summed E-state index contributed by atoms with van der Waals surface area (Å²) in [4.78, 5) is 28.0. The molecule has 2 aromatic rings. The summed E-state index contributed by atoms with van der Waals surface area (Å²) < 4.78 is 5.10. The third-order valence-corrected chi connectivity index (χ3v) is 4.71. The van der Waals surface area contributed by atoms with Crippen LogP contribution in [0.2, 0.25) is 0 Å². The molecule has 0 fully saturated rings. The lowest BCUT2D eigenvalue weighted by Crippen LogP contribution is -2.14. The smallest absolute Gasteiger partial charge is 0.261 e. The van der Waals surface area contributed by atoms with Crippen LogP contribution < -0.4 is 10.5 Å². The zero-order chi connectivity index (χ0) is 17.1. The number of hydrogen-bond donors (Lipinski definition) is 1. The Labute approximate surface area is 143 Å². The SMILES string of the molecule is COc1ccc(C(=O)c2cccc(CC3SC(N)=NC3=O)c2)cc1. The van der Waals surface area contributed by atoms with Crippen molar-refractivity contribution in [2.75, 3.05) is 7.11 Å². The van der Waals surface area contributed by atoms with Crippen LogP contribution in [0.25, 0.3) is 0 Å². The Balaban J connectivity index is 1.77. The highest BCUT2D eigenvalue weighted by atomic mass is 32.2. The minimum atomic E-state index is -0.309. The molecule has 2 N–H and O–H groups in total. The van der Waals surface area contributed by atoms with Gasteiger partial charge in [0.25, 0.3) is 5.91 Å². The summed E-state index contributed by atoms with van der Waals surface area (Å²) in [6.07, 6.45) is 0.497. The molecule has 1 atom stereocenters. The van der Waals surface area contributed by atoms with E-state index in [0.717, 1.165) is 5.56 Å². The number of amides is 1. The van der Waals surface area contributed by atoms with Gasteiger partial charge in [-0.2, -0.15) is 4.99 Å². The van der Waals surface area contributed by atoms with Crippen LogP contribution >= 0.6 is 11.8 Å². The lowest BCUT2D eigenvalue weighted by atomic mass is 9.99. The molecule has 0 bridgehead atoms. The molecule has 5 nitrogen and oxygen atoms in total. The van der Waals surface area contributed by atoms with Gasteiger partial charge in [-0.15, -0.1) is 0 Å². The van der Waals surface area contributed by atoms with Gasteiger partial charge in [-0.3, -0.25) is 9.59 Å². The van der Waals surface area contributed by atoms with E-state index in [1.165, 1.54) is 11.8 Å². The van der Waals surface area contributed by atoms with Crippen LogP contribution in [0.4, 0.5) is 0 Å². The van der Waals surface area contributed by atoms with E-state index in [2.05, 4.69) is 4.99 Å². The second-order valence-corrected chi connectivity index (χ2v) is 6.58. The van der Waals surface area contributed by atoms with Crippen LogP contribution in [0.5, 0.6) is 5.75 Å². The number of carbonyl (C=O) groups excluding carboxylic acids is 2. The number of carbonyl (C=O) groups is 2. The van der Waals surface area contributed by atoms with Crippen LogP contribution in [0.3, 0.4) is 0 Å². The fraction of sp³-hybridized carbons (Fsp3) is 0.167. The van der Waals surface area contributed by atoms with Crippen molar-refractivity contribution in [1.82, 2.24) is 0 Å². The quantitative estimate of drug-likeness (QED) is 0.845. The molecule has 2 aromatic carbocycles. The van der Waals surface area contributed by atoms with Crippen LogP contribution in [0.15, 0.2) is 53.5 Å². The third-order valence-electron chi connectivity index (χ3n) is 3.72. The maximum Gasteiger partial charge on any atom is 0.261 e. The van der Waals surface area contributed by atoms with E-state index < -0.39 is 0 Å². The van der Waals surface area contributed by atoms with E-state index in [4.69, 9.17) is 10.5 Å². The molecule has 0 aromatic heterocycles. The van der Waals surface area contributed by atoms with Crippen LogP contribution in [0.1, 0.15) is 21.5 Å². The Morgan fingerprint density at radius 3 is 2.58 bits per heavy atom. The third kappa shape index (κ3) is 3.49. The second-order valence-electron chi connectivity index (χ2n) is 5.36. The van der Waals surface area contributed by atoms with Crippen molar-refractivity contribution in [1.29, 1.82) is 0 Å². The van der Waals surface area contributed by atoms with Gasteiger partial charge in [0.2, 0.25) is 0 Å². The van der Waals surface area contributed by atoms with Crippen molar-refractivity contribution in [2.45, 2.75) is 11.7 Å². The molecular formula is C18H16N2O3S. The standard InChI is InChI=1S/C18H16N2O3S/c1-23-14-7-5-12(6-8-14)16(21)13-4-2-3-11(9-13)10-15-17(22)20-18(19)24-15/h2-9,15H,10H2,1H3,(H2,19,20,22). The first-order valence-corrected chi connectivity index (χ1v) is 8.27. The summed E-state index contributed by atoms with van der Waals surface area (Å²) >= 11 is 1.26. The number of ketones is 1. The van der Waals surface area contributed by atoms with Crippen molar-refractivity contribution in [3.8, 4) is 5.75 Å². The predicted octanol–water partition coefficient (Wildman–Crippen LogP) is 2.43. The maximum absolute atomic E-state index is 12.6. The molecule has 3 rings (SSSR count). The normalized spacial score (nSPS) is 16.8. The van der Waals surface area contributed by atoms with Gasteiger partial charge in [-0.25, -0.2) is 0 Å². The Kier molecular flexibility index (Phi) is 4.66. The molecule has 0 saturated heterocycles. The van der Waals surface area contributed by atoms with E-state index in [1.54, 1.807) is 37.4 Å². The van der Waals surface area contributed by atoms with Gasteiger partial charge in [0.15, 0.2) is 11.0 Å². The first-order valence-electron chi connectivity index (χ1n) is 7.39. The molecule has 0 saturated carbocycles.